The molecule has 1 unspecified atom stereocenters. The maximum absolute atomic E-state index is 11.7. The number of imidazole rings is 1. The summed E-state index contributed by atoms with van der Waals surface area (Å²) in [6.45, 7) is 8.89. The summed E-state index contributed by atoms with van der Waals surface area (Å²) in [5, 5.41) is 3.42. The van der Waals surface area contributed by atoms with Crippen molar-refractivity contribution in [3.63, 3.8) is 0 Å². The number of hydrogen-bond acceptors (Lipinski definition) is 2. The van der Waals surface area contributed by atoms with Crippen LogP contribution in [0.25, 0.3) is 0 Å². The van der Waals surface area contributed by atoms with Crippen molar-refractivity contribution in [2.75, 3.05) is 6.54 Å². The van der Waals surface area contributed by atoms with Gasteiger partial charge >= 0.3 is 5.69 Å². The summed E-state index contributed by atoms with van der Waals surface area (Å²) >= 11 is 0. The van der Waals surface area contributed by atoms with Crippen LogP contribution in [0.3, 0.4) is 0 Å². The molecule has 0 saturated heterocycles. The highest BCUT2D eigenvalue weighted by Crippen LogP contribution is 1.95. The zero-order chi connectivity index (χ0) is 12.0. The monoisotopic (exact) mass is 225 g/mol. The molecule has 0 radical (unpaired) electrons. The number of aromatic nitrogens is 2. The van der Waals surface area contributed by atoms with Crippen molar-refractivity contribution in [1.29, 1.82) is 0 Å². The Bertz CT molecular complexity index is 353. The molecule has 1 atom stereocenters. The van der Waals surface area contributed by atoms with E-state index in [1.54, 1.807) is 9.13 Å². The lowest BCUT2D eigenvalue weighted by Crippen LogP contribution is -2.30. The Morgan fingerprint density at radius 1 is 1.31 bits per heavy atom. The molecule has 4 heteroatoms. The molecule has 0 aromatic carbocycles. The van der Waals surface area contributed by atoms with Gasteiger partial charge < -0.3 is 5.32 Å². The van der Waals surface area contributed by atoms with Crippen LogP contribution in [-0.2, 0) is 13.1 Å². The predicted octanol–water partition coefficient (Wildman–Crippen LogP) is 1.45. The molecule has 1 aromatic heterocycles. The first-order valence-corrected chi connectivity index (χ1v) is 6.18. The lowest BCUT2D eigenvalue weighted by molar-refractivity contribution is 0.469. The molecule has 1 rings (SSSR count). The van der Waals surface area contributed by atoms with Crippen LogP contribution in [-0.4, -0.2) is 21.7 Å². The average molecular weight is 225 g/mol. The molecule has 0 fully saturated rings. The minimum Gasteiger partial charge on any atom is -0.314 e. The highest BCUT2D eigenvalue weighted by atomic mass is 16.1. The van der Waals surface area contributed by atoms with E-state index >= 15 is 0 Å². The Hall–Kier alpha value is -1.03. The zero-order valence-corrected chi connectivity index (χ0v) is 10.6. The first kappa shape index (κ1) is 13.0. The fourth-order valence-corrected chi connectivity index (χ4v) is 1.69. The molecule has 0 spiro atoms. The van der Waals surface area contributed by atoms with Crippen LogP contribution in [0.4, 0.5) is 0 Å². The average Bonchev–Trinajstić information content (AvgIpc) is 2.64. The van der Waals surface area contributed by atoms with Crippen molar-refractivity contribution < 1.29 is 0 Å². The quantitative estimate of drug-likeness (QED) is 0.763. The van der Waals surface area contributed by atoms with E-state index in [0.717, 1.165) is 32.5 Å². The molecule has 16 heavy (non-hydrogen) atoms. The van der Waals surface area contributed by atoms with Crippen LogP contribution >= 0.6 is 0 Å². The van der Waals surface area contributed by atoms with Gasteiger partial charge in [0.15, 0.2) is 0 Å². The summed E-state index contributed by atoms with van der Waals surface area (Å²) in [5.41, 5.74) is 0.102. The molecular weight excluding hydrogens is 202 g/mol. The third-order valence-electron chi connectivity index (χ3n) is 2.80. The van der Waals surface area contributed by atoms with Crippen LogP contribution in [0.15, 0.2) is 17.2 Å². The zero-order valence-electron chi connectivity index (χ0n) is 10.6. The van der Waals surface area contributed by atoms with Gasteiger partial charge in [-0.15, -0.1) is 0 Å². The molecule has 0 amide bonds. The number of aryl methyl sites for hydroxylation is 2. The minimum atomic E-state index is 0.102. The van der Waals surface area contributed by atoms with Gasteiger partial charge in [-0.3, -0.25) is 9.13 Å². The van der Waals surface area contributed by atoms with Gasteiger partial charge in [0.05, 0.1) is 0 Å². The smallest absolute Gasteiger partial charge is 0.314 e. The van der Waals surface area contributed by atoms with Crippen LogP contribution in [0, 0.1) is 0 Å². The number of nitrogens with one attached hydrogen (secondary N) is 1. The standard InChI is InChI=1S/C12H23N3O/c1-4-7-13-11(3)6-8-15-10-9-14(5-2)12(15)16/h9-11,13H,4-8H2,1-3H3. The number of hydrogen-bond donors (Lipinski definition) is 1. The first-order chi connectivity index (χ1) is 7.69. The molecule has 0 aliphatic carbocycles. The van der Waals surface area contributed by atoms with E-state index in [-0.39, 0.29) is 5.69 Å². The summed E-state index contributed by atoms with van der Waals surface area (Å²) in [5.74, 6) is 0. The molecule has 1 heterocycles. The maximum atomic E-state index is 11.7. The molecule has 1 N–H and O–H groups in total. The summed E-state index contributed by atoms with van der Waals surface area (Å²) in [6, 6.07) is 0.469. The van der Waals surface area contributed by atoms with Gasteiger partial charge in [0, 0.05) is 31.5 Å². The van der Waals surface area contributed by atoms with E-state index in [1.165, 1.54) is 0 Å². The Morgan fingerprint density at radius 3 is 2.56 bits per heavy atom. The van der Waals surface area contributed by atoms with Crippen LogP contribution in [0.5, 0.6) is 0 Å². The van der Waals surface area contributed by atoms with Crippen molar-refractivity contribution in [3.8, 4) is 0 Å². The van der Waals surface area contributed by atoms with Crippen molar-refractivity contribution in [1.82, 2.24) is 14.5 Å². The SMILES string of the molecule is CCCNC(C)CCn1ccn(CC)c1=O. The van der Waals surface area contributed by atoms with E-state index in [9.17, 15) is 4.79 Å². The Labute approximate surface area is 97.3 Å². The van der Waals surface area contributed by atoms with Crippen molar-refractivity contribution in [3.05, 3.63) is 22.9 Å². The van der Waals surface area contributed by atoms with Gasteiger partial charge in [-0.2, -0.15) is 0 Å². The highest BCUT2D eigenvalue weighted by Gasteiger charge is 2.04. The number of nitrogens with zero attached hydrogens (tertiary/aromatic N) is 2. The van der Waals surface area contributed by atoms with E-state index in [2.05, 4.69) is 19.2 Å². The van der Waals surface area contributed by atoms with Gasteiger partial charge in [-0.05, 0) is 33.2 Å². The van der Waals surface area contributed by atoms with Crippen molar-refractivity contribution >= 4 is 0 Å². The van der Waals surface area contributed by atoms with Gasteiger partial charge in [0.1, 0.15) is 0 Å². The normalized spacial score (nSPS) is 12.9. The van der Waals surface area contributed by atoms with Crippen LogP contribution in [0.1, 0.15) is 33.6 Å². The van der Waals surface area contributed by atoms with Crippen LogP contribution < -0.4 is 11.0 Å². The third kappa shape index (κ3) is 3.52. The first-order valence-electron chi connectivity index (χ1n) is 6.18. The fraction of sp³-hybridized carbons (Fsp3) is 0.750. The molecule has 4 nitrogen and oxygen atoms in total. The lowest BCUT2D eigenvalue weighted by atomic mass is 10.2. The van der Waals surface area contributed by atoms with E-state index in [0.29, 0.717) is 6.04 Å². The molecular formula is C12H23N3O. The number of rotatable bonds is 7. The topological polar surface area (TPSA) is 39.0 Å². The van der Waals surface area contributed by atoms with E-state index < -0.39 is 0 Å². The molecule has 0 aliphatic heterocycles. The van der Waals surface area contributed by atoms with Gasteiger partial charge in [-0.1, -0.05) is 6.92 Å². The Morgan fingerprint density at radius 2 is 2.00 bits per heavy atom. The van der Waals surface area contributed by atoms with Crippen molar-refractivity contribution in [2.45, 2.75) is 52.7 Å². The predicted molar refractivity (Wildman–Crippen MR) is 66.7 cm³/mol. The molecule has 92 valence electrons. The van der Waals surface area contributed by atoms with Gasteiger partial charge in [-0.25, -0.2) is 4.79 Å². The highest BCUT2D eigenvalue weighted by molar-refractivity contribution is 4.81. The molecule has 1 aromatic rings. The summed E-state index contributed by atoms with van der Waals surface area (Å²) in [7, 11) is 0. The second-order valence-corrected chi connectivity index (χ2v) is 4.20. The second kappa shape index (κ2) is 6.53. The van der Waals surface area contributed by atoms with Gasteiger partial charge in [0.2, 0.25) is 0 Å². The summed E-state index contributed by atoms with van der Waals surface area (Å²) in [4.78, 5) is 11.7. The van der Waals surface area contributed by atoms with E-state index in [4.69, 9.17) is 0 Å². The third-order valence-corrected chi connectivity index (χ3v) is 2.80. The molecule has 0 aliphatic rings. The largest absolute Gasteiger partial charge is 0.328 e. The fourth-order valence-electron chi connectivity index (χ4n) is 1.69. The summed E-state index contributed by atoms with van der Waals surface area (Å²) in [6.07, 6.45) is 5.87. The van der Waals surface area contributed by atoms with E-state index in [1.807, 2.05) is 19.3 Å². The molecule has 0 bridgehead atoms. The van der Waals surface area contributed by atoms with Gasteiger partial charge in [0.25, 0.3) is 0 Å². The minimum absolute atomic E-state index is 0.102. The lowest BCUT2D eigenvalue weighted by Gasteiger charge is -2.12. The Kier molecular flexibility index (Phi) is 5.32. The Balaban J connectivity index is 2.42. The summed E-state index contributed by atoms with van der Waals surface area (Å²) < 4.78 is 3.51. The van der Waals surface area contributed by atoms with Crippen molar-refractivity contribution in [2.24, 2.45) is 0 Å². The molecule has 0 saturated carbocycles. The maximum Gasteiger partial charge on any atom is 0.328 e. The second-order valence-electron chi connectivity index (χ2n) is 4.20. The van der Waals surface area contributed by atoms with Crippen LogP contribution in [0.2, 0.25) is 0 Å².